The number of fused-ring (bicyclic) bond motifs is 1. The third-order valence-corrected chi connectivity index (χ3v) is 4.97. The molecule has 0 fully saturated rings. The van der Waals surface area contributed by atoms with E-state index in [1.807, 2.05) is 6.07 Å². The topological polar surface area (TPSA) is 84.2 Å². The number of carboxylic acid groups (broad SMARTS) is 1. The molecule has 7 heteroatoms. The molecule has 22 heavy (non-hydrogen) atoms. The lowest BCUT2D eigenvalue weighted by Crippen LogP contribution is -2.13. The first-order valence-electron chi connectivity index (χ1n) is 7.19. The van der Waals surface area contributed by atoms with Crippen molar-refractivity contribution in [3.05, 3.63) is 33.6 Å². The SMILES string of the molecule is CC1CCc2sc(C(=O)Nc3ccn(CC(=O)O)n3)cc2C1. The van der Waals surface area contributed by atoms with Gasteiger partial charge in [0, 0.05) is 17.1 Å². The number of nitrogens with one attached hydrogen (secondary N) is 1. The van der Waals surface area contributed by atoms with Crippen molar-refractivity contribution in [3.63, 3.8) is 0 Å². The molecular formula is C15H17N3O3S. The van der Waals surface area contributed by atoms with Crippen molar-refractivity contribution in [2.24, 2.45) is 5.92 Å². The molecule has 2 N–H and O–H groups in total. The lowest BCUT2D eigenvalue weighted by molar-refractivity contribution is -0.137. The van der Waals surface area contributed by atoms with Gasteiger partial charge in [0.05, 0.1) is 4.88 Å². The minimum atomic E-state index is -0.971. The van der Waals surface area contributed by atoms with Gasteiger partial charge < -0.3 is 10.4 Å². The molecule has 1 aliphatic carbocycles. The Labute approximate surface area is 131 Å². The van der Waals surface area contributed by atoms with Crippen molar-refractivity contribution in [2.45, 2.75) is 32.7 Å². The normalized spacial score (nSPS) is 17.0. The Morgan fingerprint density at radius 2 is 2.36 bits per heavy atom. The van der Waals surface area contributed by atoms with Gasteiger partial charge in [0.2, 0.25) is 0 Å². The van der Waals surface area contributed by atoms with Crippen LogP contribution in [0.3, 0.4) is 0 Å². The highest BCUT2D eigenvalue weighted by Crippen LogP contribution is 2.32. The second-order valence-electron chi connectivity index (χ2n) is 5.65. The van der Waals surface area contributed by atoms with Gasteiger partial charge in [0.1, 0.15) is 6.54 Å². The first kappa shape index (κ1) is 14.8. The van der Waals surface area contributed by atoms with E-state index in [4.69, 9.17) is 5.11 Å². The molecule has 0 bridgehead atoms. The average Bonchev–Trinajstić information content (AvgIpc) is 3.04. The number of aryl methyl sites for hydroxylation is 1. The maximum atomic E-state index is 12.3. The van der Waals surface area contributed by atoms with Gasteiger partial charge in [-0.2, -0.15) is 5.10 Å². The summed E-state index contributed by atoms with van der Waals surface area (Å²) >= 11 is 1.54. The number of nitrogens with zero attached hydrogens (tertiary/aromatic N) is 2. The average molecular weight is 319 g/mol. The van der Waals surface area contributed by atoms with Crippen LogP contribution in [0.2, 0.25) is 0 Å². The number of hydrogen-bond acceptors (Lipinski definition) is 4. The van der Waals surface area contributed by atoms with Gasteiger partial charge in [-0.3, -0.25) is 14.3 Å². The van der Waals surface area contributed by atoms with E-state index in [0.717, 1.165) is 12.8 Å². The molecule has 0 aliphatic heterocycles. The van der Waals surface area contributed by atoms with Gasteiger partial charge in [0.25, 0.3) is 5.91 Å². The summed E-state index contributed by atoms with van der Waals surface area (Å²) in [5.41, 5.74) is 1.28. The fraction of sp³-hybridized carbons (Fsp3) is 0.400. The maximum absolute atomic E-state index is 12.3. The molecule has 1 unspecified atom stereocenters. The van der Waals surface area contributed by atoms with E-state index in [2.05, 4.69) is 17.3 Å². The van der Waals surface area contributed by atoms with Gasteiger partial charge in [-0.05, 0) is 36.8 Å². The van der Waals surface area contributed by atoms with Crippen molar-refractivity contribution in [3.8, 4) is 0 Å². The van der Waals surface area contributed by atoms with Gasteiger partial charge in [-0.25, -0.2) is 0 Å². The third-order valence-electron chi connectivity index (χ3n) is 3.73. The summed E-state index contributed by atoms with van der Waals surface area (Å²) in [4.78, 5) is 24.9. The zero-order valence-corrected chi connectivity index (χ0v) is 13.0. The third kappa shape index (κ3) is 3.19. The van der Waals surface area contributed by atoms with Crippen molar-refractivity contribution < 1.29 is 14.7 Å². The first-order valence-corrected chi connectivity index (χ1v) is 8.01. The largest absolute Gasteiger partial charge is 0.480 e. The molecule has 116 valence electrons. The zero-order chi connectivity index (χ0) is 15.7. The Hall–Kier alpha value is -2.15. The highest BCUT2D eigenvalue weighted by molar-refractivity contribution is 7.14. The summed E-state index contributed by atoms with van der Waals surface area (Å²) in [6.45, 7) is 2.01. The molecule has 1 aliphatic rings. The molecule has 1 amide bonds. The van der Waals surface area contributed by atoms with Crippen LogP contribution in [0.15, 0.2) is 18.3 Å². The number of aliphatic carboxylic acids is 1. The quantitative estimate of drug-likeness (QED) is 0.906. The second kappa shape index (κ2) is 5.92. The van der Waals surface area contributed by atoms with Crippen LogP contribution < -0.4 is 5.32 Å². The molecule has 0 spiro atoms. The number of rotatable bonds is 4. The Bertz CT molecular complexity index is 719. The summed E-state index contributed by atoms with van der Waals surface area (Å²) < 4.78 is 1.28. The summed E-state index contributed by atoms with van der Waals surface area (Å²) in [6, 6.07) is 3.57. The molecule has 0 radical (unpaired) electrons. The molecule has 2 aromatic rings. The second-order valence-corrected chi connectivity index (χ2v) is 6.79. The molecule has 3 rings (SSSR count). The Balaban J connectivity index is 1.69. The first-order chi connectivity index (χ1) is 10.5. The van der Waals surface area contributed by atoms with E-state index in [1.165, 1.54) is 27.7 Å². The summed E-state index contributed by atoms with van der Waals surface area (Å²) in [7, 11) is 0. The van der Waals surface area contributed by atoms with Crippen molar-refractivity contribution in [1.82, 2.24) is 9.78 Å². The molecule has 6 nitrogen and oxygen atoms in total. The molecule has 0 aromatic carbocycles. The molecule has 1 atom stereocenters. The van der Waals surface area contributed by atoms with E-state index in [9.17, 15) is 9.59 Å². The number of hydrogen-bond donors (Lipinski definition) is 2. The van der Waals surface area contributed by atoms with E-state index < -0.39 is 5.97 Å². The van der Waals surface area contributed by atoms with Crippen LogP contribution >= 0.6 is 11.3 Å². The maximum Gasteiger partial charge on any atom is 0.325 e. The summed E-state index contributed by atoms with van der Waals surface area (Å²) in [5.74, 6) is -0.121. The van der Waals surface area contributed by atoms with Crippen molar-refractivity contribution in [2.75, 3.05) is 5.32 Å². The van der Waals surface area contributed by atoms with E-state index in [-0.39, 0.29) is 12.5 Å². The van der Waals surface area contributed by atoms with Gasteiger partial charge in [0.15, 0.2) is 5.82 Å². The lowest BCUT2D eigenvalue weighted by Gasteiger charge is -2.16. The van der Waals surface area contributed by atoms with Gasteiger partial charge >= 0.3 is 5.97 Å². The fourth-order valence-electron chi connectivity index (χ4n) is 2.65. The number of carbonyl (C=O) groups is 2. The van der Waals surface area contributed by atoms with Crippen LogP contribution in [0.5, 0.6) is 0 Å². The number of amides is 1. The molecule has 2 heterocycles. The molecular weight excluding hydrogens is 302 g/mol. The zero-order valence-electron chi connectivity index (χ0n) is 12.2. The number of anilines is 1. The van der Waals surface area contributed by atoms with E-state index in [1.54, 1.807) is 17.4 Å². The molecule has 0 saturated heterocycles. The number of aromatic nitrogens is 2. The van der Waals surface area contributed by atoms with Gasteiger partial charge in [-0.1, -0.05) is 6.92 Å². The predicted molar refractivity (Wildman–Crippen MR) is 83.3 cm³/mol. The number of thiophene rings is 1. The van der Waals surface area contributed by atoms with Gasteiger partial charge in [-0.15, -0.1) is 11.3 Å². The number of carbonyl (C=O) groups excluding carboxylic acids is 1. The highest BCUT2D eigenvalue weighted by atomic mass is 32.1. The predicted octanol–water partition coefficient (Wildman–Crippen LogP) is 2.41. The standard InChI is InChI=1S/C15H17N3O3S/c1-9-2-3-11-10(6-9)7-12(22-11)15(21)16-13-4-5-18(17-13)8-14(19)20/h4-5,7,9H,2-3,6,8H2,1H3,(H,19,20)(H,16,17,21). The molecule has 0 saturated carbocycles. The minimum Gasteiger partial charge on any atom is -0.480 e. The van der Waals surface area contributed by atoms with Crippen LogP contribution in [0.25, 0.3) is 0 Å². The Morgan fingerprint density at radius 1 is 1.55 bits per heavy atom. The Morgan fingerprint density at radius 3 is 3.14 bits per heavy atom. The van der Waals surface area contributed by atoms with Crippen LogP contribution in [-0.2, 0) is 24.2 Å². The smallest absolute Gasteiger partial charge is 0.325 e. The van der Waals surface area contributed by atoms with E-state index in [0.29, 0.717) is 16.6 Å². The summed E-state index contributed by atoms with van der Waals surface area (Å²) in [5, 5.41) is 15.4. The van der Waals surface area contributed by atoms with Crippen molar-refractivity contribution in [1.29, 1.82) is 0 Å². The highest BCUT2D eigenvalue weighted by Gasteiger charge is 2.21. The lowest BCUT2D eigenvalue weighted by atomic mass is 9.90. The fourth-order valence-corrected chi connectivity index (χ4v) is 3.75. The molecule has 2 aromatic heterocycles. The minimum absolute atomic E-state index is 0.187. The van der Waals surface area contributed by atoms with Crippen LogP contribution in [0.4, 0.5) is 5.82 Å². The van der Waals surface area contributed by atoms with E-state index >= 15 is 0 Å². The summed E-state index contributed by atoms with van der Waals surface area (Å²) in [6.07, 6.45) is 4.78. The number of carboxylic acids is 1. The van der Waals surface area contributed by atoms with Crippen LogP contribution in [0, 0.1) is 5.92 Å². The Kier molecular flexibility index (Phi) is 3.98. The monoisotopic (exact) mass is 319 g/mol. The van der Waals surface area contributed by atoms with Crippen molar-refractivity contribution >= 4 is 29.0 Å². The van der Waals surface area contributed by atoms with Crippen LogP contribution in [0.1, 0.15) is 33.5 Å². The van der Waals surface area contributed by atoms with Crippen LogP contribution in [-0.4, -0.2) is 26.8 Å².